The molecule has 0 amide bonds. The molecule has 1 aromatic carbocycles. The van der Waals surface area contributed by atoms with Gasteiger partial charge in [0.25, 0.3) is 0 Å². The average Bonchev–Trinajstić information content (AvgIpc) is 2.27. The van der Waals surface area contributed by atoms with Crippen LogP contribution in [0.3, 0.4) is 0 Å². The molecule has 1 aliphatic heterocycles. The van der Waals surface area contributed by atoms with E-state index in [9.17, 15) is 0 Å². The van der Waals surface area contributed by atoms with E-state index in [2.05, 4.69) is 37.0 Å². The predicted molar refractivity (Wildman–Crippen MR) is 47.6 cm³/mol. The van der Waals surface area contributed by atoms with Crippen LogP contribution in [0, 0.1) is 6.92 Å². The lowest BCUT2D eigenvalue weighted by molar-refractivity contribution is 1.26. The molecule has 0 spiro atoms. The zero-order chi connectivity index (χ0) is 7.84. The highest BCUT2D eigenvalue weighted by Gasteiger charge is 2.11. The molecule has 56 valence electrons. The van der Waals surface area contributed by atoms with Crippen LogP contribution in [-0.2, 0) is 6.42 Å². The quantitative estimate of drug-likeness (QED) is 0.591. The van der Waals surface area contributed by atoms with Crippen LogP contribution in [0.5, 0.6) is 0 Å². The SMILES string of the molecule is C=C1Cc2ccc(C)cc2N1. The van der Waals surface area contributed by atoms with Gasteiger partial charge in [0.2, 0.25) is 0 Å². The summed E-state index contributed by atoms with van der Waals surface area (Å²) in [6.07, 6.45) is 0.982. The topological polar surface area (TPSA) is 12.0 Å². The molecule has 0 saturated carbocycles. The van der Waals surface area contributed by atoms with E-state index < -0.39 is 0 Å². The molecule has 1 N–H and O–H groups in total. The van der Waals surface area contributed by atoms with Gasteiger partial charge in [0.05, 0.1) is 0 Å². The first kappa shape index (κ1) is 6.47. The summed E-state index contributed by atoms with van der Waals surface area (Å²) in [4.78, 5) is 0. The molecule has 11 heavy (non-hydrogen) atoms. The van der Waals surface area contributed by atoms with E-state index in [4.69, 9.17) is 0 Å². The van der Waals surface area contributed by atoms with Crippen molar-refractivity contribution in [3.63, 3.8) is 0 Å². The minimum atomic E-state index is 0.982. The second-order valence-electron chi connectivity index (χ2n) is 3.07. The Bertz CT molecular complexity index is 313. The summed E-state index contributed by atoms with van der Waals surface area (Å²) in [5, 5.41) is 3.24. The summed E-state index contributed by atoms with van der Waals surface area (Å²) in [5.74, 6) is 0. The third-order valence-corrected chi connectivity index (χ3v) is 1.98. The monoisotopic (exact) mass is 145 g/mol. The number of aryl methyl sites for hydroxylation is 1. The van der Waals surface area contributed by atoms with Crippen LogP contribution < -0.4 is 5.32 Å². The van der Waals surface area contributed by atoms with Crippen LogP contribution in [-0.4, -0.2) is 0 Å². The van der Waals surface area contributed by atoms with Crippen molar-refractivity contribution in [2.75, 3.05) is 5.32 Å². The molecule has 0 bridgehead atoms. The smallest absolute Gasteiger partial charge is 0.0420 e. The van der Waals surface area contributed by atoms with Crippen LogP contribution in [0.25, 0.3) is 0 Å². The molecule has 0 fully saturated rings. The van der Waals surface area contributed by atoms with Gasteiger partial charge in [-0.1, -0.05) is 18.7 Å². The third kappa shape index (κ3) is 1.03. The number of allylic oxidation sites excluding steroid dienone is 1. The van der Waals surface area contributed by atoms with Crippen molar-refractivity contribution in [3.8, 4) is 0 Å². The zero-order valence-corrected chi connectivity index (χ0v) is 6.65. The summed E-state index contributed by atoms with van der Waals surface area (Å²) in [7, 11) is 0. The molecule has 0 saturated heterocycles. The van der Waals surface area contributed by atoms with Gasteiger partial charge in [-0.3, -0.25) is 0 Å². The number of hydrogen-bond acceptors (Lipinski definition) is 1. The van der Waals surface area contributed by atoms with Crippen molar-refractivity contribution < 1.29 is 0 Å². The van der Waals surface area contributed by atoms with Crippen molar-refractivity contribution in [2.24, 2.45) is 0 Å². The second kappa shape index (κ2) is 2.12. The Morgan fingerprint density at radius 3 is 3.09 bits per heavy atom. The first-order valence-electron chi connectivity index (χ1n) is 3.80. The number of fused-ring (bicyclic) bond motifs is 1. The fourth-order valence-electron chi connectivity index (χ4n) is 1.43. The lowest BCUT2D eigenvalue weighted by Crippen LogP contribution is -1.87. The fraction of sp³-hybridized carbons (Fsp3) is 0.200. The highest BCUT2D eigenvalue weighted by Crippen LogP contribution is 2.27. The Labute approximate surface area is 66.7 Å². The Balaban J connectivity index is 2.51. The molecule has 1 nitrogen and oxygen atoms in total. The van der Waals surface area contributed by atoms with E-state index in [1.807, 2.05) is 0 Å². The van der Waals surface area contributed by atoms with Gasteiger partial charge in [-0.25, -0.2) is 0 Å². The molecule has 0 radical (unpaired) electrons. The van der Waals surface area contributed by atoms with Crippen LogP contribution in [0.1, 0.15) is 11.1 Å². The molecule has 1 aromatic rings. The van der Waals surface area contributed by atoms with Crippen LogP contribution in [0.4, 0.5) is 5.69 Å². The van der Waals surface area contributed by atoms with Crippen molar-refractivity contribution in [2.45, 2.75) is 13.3 Å². The second-order valence-corrected chi connectivity index (χ2v) is 3.07. The number of hydrogen-bond donors (Lipinski definition) is 1. The standard InChI is InChI=1S/C10H11N/c1-7-3-4-9-6-8(2)11-10(9)5-7/h3-5,11H,2,6H2,1H3. The maximum Gasteiger partial charge on any atom is 0.0420 e. The number of nitrogens with one attached hydrogen (secondary N) is 1. The third-order valence-electron chi connectivity index (χ3n) is 1.98. The molecule has 1 heterocycles. The van der Waals surface area contributed by atoms with Gasteiger partial charge in [0.15, 0.2) is 0 Å². The van der Waals surface area contributed by atoms with E-state index in [-0.39, 0.29) is 0 Å². The van der Waals surface area contributed by atoms with E-state index in [0.29, 0.717) is 0 Å². The van der Waals surface area contributed by atoms with E-state index in [1.165, 1.54) is 16.8 Å². The van der Waals surface area contributed by atoms with Crippen molar-refractivity contribution in [1.29, 1.82) is 0 Å². The van der Waals surface area contributed by atoms with E-state index >= 15 is 0 Å². The largest absolute Gasteiger partial charge is 0.359 e. The van der Waals surface area contributed by atoms with Crippen LogP contribution >= 0.6 is 0 Å². The van der Waals surface area contributed by atoms with Crippen LogP contribution in [0.2, 0.25) is 0 Å². The lowest BCUT2D eigenvalue weighted by atomic mass is 10.1. The maximum absolute atomic E-state index is 3.89. The summed E-state index contributed by atoms with van der Waals surface area (Å²) >= 11 is 0. The number of anilines is 1. The molecule has 0 aliphatic carbocycles. The average molecular weight is 145 g/mol. The maximum atomic E-state index is 3.89. The highest BCUT2D eigenvalue weighted by atomic mass is 14.9. The van der Waals surface area contributed by atoms with Gasteiger partial charge in [0.1, 0.15) is 0 Å². The normalized spacial score (nSPS) is 14.5. The Morgan fingerprint density at radius 1 is 1.45 bits per heavy atom. The summed E-state index contributed by atoms with van der Waals surface area (Å²) < 4.78 is 0. The van der Waals surface area contributed by atoms with Gasteiger partial charge >= 0.3 is 0 Å². The molecule has 1 aliphatic rings. The Morgan fingerprint density at radius 2 is 2.27 bits per heavy atom. The molecule has 0 aromatic heterocycles. The van der Waals surface area contributed by atoms with Gasteiger partial charge in [-0.2, -0.15) is 0 Å². The first-order valence-corrected chi connectivity index (χ1v) is 3.80. The fourth-order valence-corrected chi connectivity index (χ4v) is 1.43. The van der Waals surface area contributed by atoms with Crippen LogP contribution in [0.15, 0.2) is 30.5 Å². The Kier molecular flexibility index (Phi) is 1.25. The predicted octanol–water partition coefficient (Wildman–Crippen LogP) is 2.48. The molecule has 0 atom stereocenters. The van der Waals surface area contributed by atoms with Gasteiger partial charge in [-0.15, -0.1) is 0 Å². The lowest BCUT2D eigenvalue weighted by Gasteiger charge is -1.99. The molecule has 1 heteroatoms. The molecule has 0 unspecified atom stereocenters. The van der Waals surface area contributed by atoms with E-state index in [1.54, 1.807) is 0 Å². The Hall–Kier alpha value is -1.24. The summed E-state index contributed by atoms with van der Waals surface area (Å²) in [6, 6.07) is 6.46. The highest BCUT2D eigenvalue weighted by molar-refractivity contribution is 5.62. The molecular formula is C10H11N. The first-order chi connectivity index (χ1) is 5.25. The zero-order valence-electron chi connectivity index (χ0n) is 6.65. The minimum Gasteiger partial charge on any atom is -0.359 e. The minimum absolute atomic E-state index is 0.982. The van der Waals surface area contributed by atoms with Gasteiger partial charge < -0.3 is 5.32 Å². The van der Waals surface area contributed by atoms with Gasteiger partial charge in [0, 0.05) is 17.8 Å². The van der Waals surface area contributed by atoms with Crippen molar-refractivity contribution in [3.05, 3.63) is 41.6 Å². The van der Waals surface area contributed by atoms with E-state index in [0.717, 1.165) is 12.1 Å². The molecule has 2 rings (SSSR count). The van der Waals surface area contributed by atoms with Crippen molar-refractivity contribution in [1.82, 2.24) is 0 Å². The van der Waals surface area contributed by atoms with Gasteiger partial charge in [-0.05, 0) is 24.1 Å². The van der Waals surface area contributed by atoms with Crippen molar-refractivity contribution >= 4 is 5.69 Å². The number of benzene rings is 1. The summed E-state index contributed by atoms with van der Waals surface area (Å²) in [5.41, 5.74) is 4.99. The number of rotatable bonds is 0. The molecular weight excluding hydrogens is 134 g/mol. The summed E-state index contributed by atoms with van der Waals surface area (Å²) in [6.45, 7) is 5.99.